The van der Waals surface area contributed by atoms with Crippen LogP contribution in [-0.4, -0.2) is 43.8 Å². The van der Waals surface area contributed by atoms with Crippen LogP contribution in [0.25, 0.3) is 0 Å². The van der Waals surface area contributed by atoms with Gasteiger partial charge in [0.1, 0.15) is 0 Å². The molecule has 0 saturated heterocycles. The summed E-state index contributed by atoms with van der Waals surface area (Å²) in [6, 6.07) is 1.55. The second-order valence-electron chi connectivity index (χ2n) is 6.11. The minimum absolute atomic E-state index is 0.713. The molecule has 2 N–H and O–H groups in total. The van der Waals surface area contributed by atoms with E-state index in [1.54, 1.807) is 7.11 Å². The van der Waals surface area contributed by atoms with Gasteiger partial charge in [0.05, 0.1) is 6.61 Å². The molecule has 0 amide bonds. The topological polar surface area (TPSA) is 38.5 Å². The molecule has 2 rings (SSSR count). The summed E-state index contributed by atoms with van der Waals surface area (Å²) >= 11 is 0. The predicted octanol–water partition coefficient (Wildman–Crippen LogP) is 2.25. The summed E-state index contributed by atoms with van der Waals surface area (Å²) in [5, 5.41) is 0. The van der Waals surface area contributed by atoms with Gasteiger partial charge in [0.15, 0.2) is 0 Å². The van der Waals surface area contributed by atoms with Crippen molar-refractivity contribution < 1.29 is 4.74 Å². The Labute approximate surface area is 112 Å². The van der Waals surface area contributed by atoms with Gasteiger partial charge in [-0.2, -0.15) is 0 Å². The van der Waals surface area contributed by atoms with Crippen LogP contribution < -0.4 is 5.73 Å². The summed E-state index contributed by atoms with van der Waals surface area (Å²) in [6.45, 7) is 5.15. The first-order valence-electron chi connectivity index (χ1n) is 7.74. The summed E-state index contributed by atoms with van der Waals surface area (Å²) in [4.78, 5) is 2.73. The highest BCUT2D eigenvalue weighted by Gasteiger charge is 2.39. The van der Waals surface area contributed by atoms with Crippen molar-refractivity contribution in [2.75, 3.05) is 26.8 Å². The lowest BCUT2D eigenvalue weighted by Crippen LogP contribution is -2.49. The fourth-order valence-electron chi connectivity index (χ4n) is 3.57. The van der Waals surface area contributed by atoms with Crippen molar-refractivity contribution in [1.29, 1.82) is 0 Å². The van der Waals surface area contributed by atoms with E-state index in [2.05, 4.69) is 11.8 Å². The summed E-state index contributed by atoms with van der Waals surface area (Å²) in [7, 11) is 1.81. The van der Waals surface area contributed by atoms with Crippen LogP contribution in [0.5, 0.6) is 0 Å². The molecule has 0 aromatic carbocycles. The first kappa shape index (κ1) is 14.3. The first-order chi connectivity index (χ1) is 8.80. The third kappa shape index (κ3) is 3.46. The van der Waals surface area contributed by atoms with Gasteiger partial charge in [0, 0.05) is 25.7 Å². The summed E-state index contributed by atoms with van der Waals surface area (Å²) in [6.07, 6.45) is 8.17. The maximum atomic E-state index is 6.01. The number of hydrogen-bond donors (Lipinski definition) is 1. The van der Waals surface area contributed by atoms with Crippen molar-refractivity contribution in [2.45, 2.75) is 57.5 Å². The number of nitrogens with two attached hydrogens (primary N) is 1. The van der Waals surface area contributed by atoms with Crippen LogP contribution in [0.4, 0.5) is 0 Å². The molecule has 0 aromatic rings. The van der Waals surface area contributed by atoms with Crippen molar-refractivity contribution in [3.63, 3.8) is 0 Å². The Morgan fingerprint density at radius 1 is 1.22 bits per heavy atom. The van der Waals surface area contributed by atoms with Crippen molar-refractivity contribution in [3.8, 4) is 0 Å². The average Bonchev–Trinajstić information content (AvgIpc) is 3.23. The van der Waals surface area contributed by atoms with Gasteiger partial charge >= 0.3 is 0 Å². The highest BCUT2D eigenvalue weighted by molar-refractivity contribution is 4.94. The van der Waals surface area contributed by atoms with Gasteiger partial charge in [0.25, 0.3) is 0 Å². The Morgan fingerprint density at radius 3 is 2.56 bits per heavy atom. The molecule has 0 spiro atoms. The molecule has 0 aromatic heterocycles. The number of rotatable bonds is 7. The molecule has 0 heterocycles. The second-order valence-corrected chi connectivity index (χ2v) is 6.11. The number of methoxy groups -OCH3 is 1. The van der Waals surface area contributed by atoms with Crippen molar-refractivity contribution in [2.24, 2.45) is 17.6 Å². The van der Waals surface area contributed by atoms with Gasteiger partial charge in [0.2, 0.25) is 0 Å². The van der Waals surface area contributed by atoms with Gasteiger partial charge in [-0.3, -0.25) is 4.90 Å². The van der Waals surface area contributed by atoms with Gasteiger partial charge in [-0.25, -0.2) is 0 Å². The van der Waals surface area contributed by atoms with E-state index in [9.17, 15) is 0 Å². The normalized spacial score (nSPS) is 33.0. The molecular weight excluding hydrogens is 224 g/mol. The Balaban J connectivity index is 1.98. The molecule has 0 radical (unpaired) electrons. The fourth-order valence-corrected chi connectivity index (χ4v) is 3.57. The van der Waals surface area contributed by atoms with Crippen LogP contribution in [0, 0.1) is 11.8 Å². The molecule has 3 nitrogen and oxygen atoms in total. The van der Waals surface area contributed by atoms with Gasteiger partial charge < -0.3 is 10.5 Å². The molecule has 0 bridgehead atoms. The summed E-state index contributed by atoms with van der Waals surface area (Å²) < 4.78 is 5.29. The quantitative estimate of drug-likeness (QED) is 0.757. The van der Waals surface area contributed by atoms with E-state index in [4.69, 9.17) is 10.5 Å². The molecule has 3 atom stereocenters. The lowest BCUT2D eigenvalue weighted by molar-refractivity contribution is 0.0501. The van der Waals surface area contributed by atoms with Crippen molar-refractivity contribution in [3.05, 3.63) is 0 Å². The van der Waals surface area contributed by atoms with E-state index in [1.807, 2.05) is 0 Å². The maximum Gasteiger partial charge on any atom is 0.0589 e. The SMILES string of the molecule is CCC1CCC(CN)C(N(CCOC)C2CC2)C1. The summed E-state index contributed by atoms with van der Waals surface area (Å²) in [5.74, 6) is 1.63. The van der Waals surface area contributed by atoms with Crippen LogP contribution in [-0.2, 0) is 4.74 Å². The van der Waals surface area contributed by atoms with E-state index >= 15 is 0 Å². The predicted molar refractivity (Wildman–Crippen MR) is 75.6 cm³/mol. The van der Waals surface area contributed by atoms with Crippen molar-refractivity contribution >= 4 is 0 Å². The lowest BCUT2D eigenvalue weighted by atomic mass is 9.76. The lowest BCUT2D eigenvalue weighted by Gasteiger charge is -2.42. The van der Waals surface area contributed by atoms with Gasteiger partial charge in [-0.05, 0) is 44.1 Å². The Hall–Kier alpha value is -0.120. The number of nitrogens with zero attached hydrogens (tertiary/aromatic N) is 1. The molecule has 2 aliphatic rings. The van der Waals surface area contributed by atoms with Crippen LogP contribution in [0.1, 0.15) is 45.4 Å². The first-order valence-corrected chi connectivity index (χ1v) is 7.74. The zero-order valence-electron chi connectivity index (χ0n) is 12.1. The van der Waals surface area contributed by atoms with E-state index in [0.29, 0.717) is 5.92 Å². The minimum atomic E-state index is 0.713. The van der Waals surface area contributed by atoms with Crippen LogP contribution in [0.15, 0.2) is 0 Å². The zero-order valence-corrected chi connectivity index (χ0v) is 12.1. The molecule has 2 fully saturated rings. The Bertz CT molecular complexity index is 243. The molecule has 106 valence electrons. The Kier molecular flexibility index (Phi) is 5.46. The Morgan fingerprint density at radius 2 is 2.00 bits per heavy atom. The highest BCUT2D eigenvalue weighted by atomic mass is 16.5. The van der Waals surface area contributed by atoms with E-state index in [-0.39, 0.29) is 0 Å². The molecule has 0 aliphatic heterocycles. The van der Waals surface area contributed by atoms with Crippen LogP contribution in [0.2, 0.25) is 0 Å². The number of ether oxygens (including phenoxy) is 1. The van der Waals surface area contributed by atoms with Gasteiger partial charge in [-0.1, -0.05) is 19.8 Å². The zero-order chi connectivity index (χ0) is 13.0. The maximum absolute atomic E-state index is 6.01. The minimum Gasteiger partial charge on any atom is -0.383 e. The average molecular weight is 254 g/mol. The fraction of sp³-hybridized carbons (Fsp3) is 1.00. The van der Waals surface area contributed by atoms with E-state index in [1.165, 1.54) is 38.5 Å². The standard InChI is InChI=1S/C15H30N2O/c1-3-12-4-5-13(11-16)15(10-12)17(8-9-18-2)14-6-7-14/h12-15H,3-11,16H2,1-2H3. The number of hydrogen-bond acceptors (Lipinski definition) is 3. The second kappa shape index (κ2) is 6.88. The molecule has 3 unspecified atom stereocenters. The molecule has 2 aliphatic carbocycles. The third-order valence-electron chi connectivity index (χ3n) is 4.94. The van der Waals surface area contributed by atoms with Gasteiger partial charge in [-0.15, -0.1) is 0 Å². The smallest absolute Gasteiger partial charge is 0.0589 e. The molecular formula is C15H30N2O. The monoisotopic (exact) mass is 254 g/mol. The summed E-state index contributed by atoms with van der Waals surface area (Å²) in [5.41, 5.74) is 6.01. The largest absolute Gasteiger partial charge is 0.383 e. The molecule has 3 heteroatoms. The highest BCUT2D eigenvalue weighted by Crippen LogP contribution is 2.38. The molecule has 2 saturated carbocycles. The van der Waals surface area contributed by atoms with E-state index < -0.39 is 0 Å². The molecule has 18 heavy (non-hydrogen) atoms. The van der Waals surface area contributed by atoms with Crippen molar-refractivity contribution in [1.82, 2.24) is 4.90 Å². The van der Waals surface area contributed by atoms with E-state index in [0.717, 1.165) is 37.7 Å². The van der Waals surface area contributed by atoms with Crippen LogP contribution in [0.3, 0.4) is 0 Å². The third-order valence-corrected chi connectivity index (χ3v) is 4.94. The van der Waals surface area contributed by atoms with Crippen LogP contribution >= 0.6 is 0 Å².